The number of aromatic nitrogens is 2. The van der Waals surface area contributed by atoms with E-state index in [4.69, 9.17) is 5.11 Å². The molecule has 72 valence electrons. The van der Waals surface area contributed by atoms with Gasteiger partial charge in [0, 0.05) is 6.20 Å². The first-order valence-corrected chi connectivity index (χ1v) is 4.27. The van der Waals surface area contributed by atoms with Gasteiger partial charge in [-0.25, -0.2) is 4.79 Å². The van der Waals surface area contributed by atoms with E-state index in [1.54, 1.807) is 6.20 Å². The van der Waals surface area contributed by atoms with Crippen LogP contribution in [0.2, 0.25) is 0 Å². The Balaban J connectivity index is 2.46. The Morgan fingerprint density at radius 3 is 2.86 bits per heavy atom. The standard InChI is InChI=1S/C10H10N2O2/c13-6-7-2-1-3-8(4-7)9-5-11-10(14)12-9/h1-5,13H,6H2,(H2,11,12,14). The summed E-state index contributed by atoms with van der Waals surface area (Å²) in [5.74, 6) is 0. The molecule has 0 bridgehead atoms. The molecule has 0 amide bonds. The molecule has 1 heterocycles. The van der Waals surface area contributed by atoms with Crippen molar-refractivity contribution in [1.29, 1.82) is 0 Å². The minimum Gasteiger partial charge on any atom is -0.392 e. The fourth-order valence-electron chi connectivity index (χ4n) is 1.32. The summed E-state index contributed by atoms with van der Waals surface area (Å²) in [5.41, 5.74) is 2.21. The average Bonchev–Trinajstić information content (AvgIpc) is 2.65. The summed E-state index contributed by atoms with van der Waals surface area (Å²) in [4.78, 5) is 16.0. The second kappa shape index (κ2) is 3.51. The van der Waals surface area contributed by atoms with Gasteiger partial charge in [-0.3, -0.25) is 0 Å². The highest BCUT2D eigenvalue weighted by Gasteiger charge is 2.00. The summed E-state index contributed by atoms with van der Waals surface area (Å²) in [5, 5.41) is 8.93. The van der Waals surface area contributed by atoms with Crippen molar-refractivity contribution >= 4 is 0 Å². The van der Waals surface area contributed by atoms with Crippen LogP contribution in [0.25, 0.3) is 11.3 Å². The molecule has 0 aliphatic heterocycles. The van der Waals surface area contributed by atoms with Gasteiger partial charge in [0.05, 0.1) is 12.3 Å². The average molecular weight is 190 g/mol. The predicted molar refractivity (Wildman–Crippen MR) is 52.8 cm³/mol. The SMILES string of the molecule is O=c1[nH]cc(-c2cccc(CO)c2)[nH]1. The van der Waals surface area contributed by atoms with E-state index in [-0.39, 0.29) is 12.3 Å². The van der Waals surface area contributed by atoms with Crippen LogP contribution in [0.4, 0.5) is 0 Å². The highest BCUT2D eigenvalue weighted by atomic mass is 16.3. The summed E-state index contributed by atoms with van der Waals surface area (Å²) < 4.78 is 0. The number of hydrogen-bond acceptors (Lipinski definition) is 2. The van der Waals surface area contributed by atoms with Gasteiger partial charge in [-0.15, -0.1) is 0 Å². The molecule has 3 N–H and O–H groups in total. The zero-order chi connectivity index (χ0) is 9.97. The van der Waals surface area contributed by atoms with E-state index < -0.39 is 0 Å². The van der Waals surface area contributed by atoms with Crippen molar-refractivity contribution in [3.8, 4) is 11.3 Å². The summed E-state index contributed by atoms with van der Waals surface area (Å²) in [6.07, 6.45) is 1.61. The summed E-state index contributed by atoms with van der Waals surface area (Å²) in [7, 11) is 0. The predicted octanol–water partition coefficient (Wildman–Crippen LogP) is 0.862. The molecule has 4 heteroatoms. The summed E-state index contributed by atoms with van der Waals surface area (Å²) in [6.45, 7) is 0.00248. The zero-order valence-corrected chi connectivity index (χ0v) is 7.45. The van der Waals surface area contributed by atoms with E-state index >= 15 is 0 Å². The van der Waals surface area contributed by atoms with Gasteiger partial charge in [-0.05, 0) is 17.2 Å². The molecule has 0 saturated heterocycles. The van der Waals surface area contributed by atoms with E-state index in [2.05, 4.69) is 9.97 Å². The van der Waals surface area contributed by atoms with E-state index in [9.17, 15) is 4.79 Å². The molecule has 0 unspecified atom stereocenters. The monoisotopic (exact) mass is 190 g/mol. The Bertz CT molecular complexity index is 485. The smallest absolute Gasteiger partial charge is 0.323 e. The van der Waals surface area contributed by atoms with Crippen LogP contribution >= 0.6 is 0 Å². The van der Waals surface area contributed by atoms with Gasteiger partial charge in [-0.2, -0.15) is 0 Å². The third-order valence-electron chi connectivity index (χ3n) is 2.02. The van der Waals surface area contributed by atoms with E-state index in [1.165, 1.54) is 0 Å². The van der Waals surface area contributed by atoms with Crippen LogP contribution < -0.4 is 5.69 Å². The lowest BCUT2D eigenvalue weighted by atomic mass is 10.1. The minimum atomic E-state index is -0.227. The van der Waals surface area contributed by atoms with Crippen molar-refractivity contribution in [1.82, 2.24) is 9.97 Å². The molecule has 14 heavy (non-hydrogen) atoms. The third kappa shape index (κ3) is 1.60. The number of rotatable bonds is 2. The van der Waals surface area contributed by atoms with Gasteiger partial charge < -0.3 is 15.1 Å². The third-order valence-corrected chi connectivity index (χ3v) is 2.02. The fraction of sp³-hybridized carbons (Fsp3) is 0.100. The molecular formula is C10H10N2O2. The van der Waals surface area contributed by atoms with Gasteiger partial charge in [-0.1, -0.05) is 18.2 Å². The Hall–Kier alpha value is -1.81. The summed E-state index contributed by atoms with van der Waals surface area (Å²) >= 11 is 0. The maximum atomic E-state index is 10.9. The van der Waals surface area contributed by atoms with Crippen molar-refractivity contribution in [3.05, 3.63) is 46.5 Å². The largest absolute Gasteiger partial charge is 0.392 e. The molecule has 1 aromatic heterocycles. The van der Waals surface area contributed by atoms with E-state index in [0.29, 0.717) is 0 Å². The molecule has 0 fully saturated rings. The molecule has 2 rings (SSSR count). The molecular weight excluding hydrogens is 180 g/mol. The highest BCUT2D eigenvalue weighted by Crippen LogP contribution is 2.16. The second-order valence-corrected chi connectivity index (χ2v) is 3.01. The number of hydrogen-bond donors (Lipinski definition) is 3. The van der Waals surface area contributed by atoms with Crippen molar-refractivity contribution in [2.75, 3.05) is 0 Å². The number of benzene rings is 1. The van der Waals surface area contributed by atoms with Crippen LogP contribution in [0.3, 0.4) is 0 Å². The van der Waals surface area contributed by atoms with Crippen LogP contribution in [0.5, 0.6) is 0 Å². The number of H-pyrrole nitrogens is 2. The molecule has 4 nitrogen and oxygen atoms in total. The van der Waals surface area contributed by atoms with Crippen LogP contribution in [0, 0.1) is 0 Å². The quantitative estimate of drug-likeness (QED) is 0.657. The lowest BCUT2D eigenvalue weighted by Crippen LogP contribution is -1.99. The van der Waals surface area contributed by atoms with Gasteiger partial charge in [0.1, 0.15) is 0 Å². The maximum Gasteiger partial charge on any atom is 0.323 e. The Morgan fingerprint density at radius 1 is 1.36 bits per heavy atom. The normalized spacial score (nSPS) is 10.4. The molecule has 0 radical (unpaired) electrons. The van der Waals surface area contributed by atoms with E-state index in [1.807, 2.05) is 24.3 Å². The van der Waals surface area contributed by atoms with Gasteiger partial charge in [0.15, 0.2) is 0 Å². The van der Waals surface area contributed by atoms with Gasteiger partial charge in [0.25, 0.3) is 0 Å². The van der Waals surface area contributed by atoms with Crippen LogP contribution in [0.1, 0.15) is 5.56 Å². The number of aromatic amines is 2. The van der Waals surface area contributed by atoms with Gasteiger partial charge in [0.2, 0.25) is 0 Å². The first-order chi connectivity index (χ1) is 6.79. The molecule has 0 saturated carbocycles. The first kappa shape index (κ1) is 8.77. The van der Waals surface area contributed by atoms with Crippen molar-refractivity contribution in [3.63, 3.8) is 0 Å². The van der Waals surface area contributed by atoms with Crippen LogP contribution in [0.15, 0.2) is 35.3 Å². The molecule has 1 aromatic carbocycles. The molecule has 0 spiro atoms. The maximum absolute atomic E-state index is 10.9. The number of aliphatic hydroxyl groups excluding tert-OH is 1. The molecule has 0 aliphatic rings. The lowest BCUT2D eigenvalue weighted by Gasteiger charge is -1.99. The molecule has 0 atom stereocenters. The minimum absolute atomic E-state index is 0.00248. The Labute approximate surface area is 80.2 Å². The number of nitrogens with one attached hydrogen (secondary N) is 2. The van der Waals surface area contributed by atoms with Crippen molar-refractivity contribution in [2.45, 2.75) is 6.61 Å². The van der Waals surface area contributed by atoms with Crippen molar-refractivity contribution < 1.29 is 5.11 Å². The van der Waals surface area contributed by atoms with Crippen LogP contribution in [-0.4, -0.2) is 15.1 Å². The molecule has 0 aliphatic carbocycles. The number of imidazole rings is 1. The van der Waals surface area contributed by atoms with E-state index in [0.717, 1.165) is 16.8 Å². The zero-order valence-electron chi connectivity index (χ0n) is 7.45. The van der Waals surface area contributed by atoms with Crippen molar-refractivity contribution in [2.24, 2.45) is 0 Å². The number of aliphatic hydroxyl groups is 1. The first-order valence-electron chi connectivity index (χ1n) is 4.27. The van der Waals surface area contributed by atoms with Gasteiger partial charge >= 0.3 is 5.69 Å². The fourth-order valence-corrected chi connectivity index (χ4v) is 1.32. The molecule has 2 aromatic rings. The Kier molecular flexibility index (Phi) is 2.20. The second-order valence-electron chi connectivity index (χ2n) is 3.01. The Morgan fingerprint density at radius 2 is 2.21 bits per heavy atom. The lowest BCUT2D eigenvalue weighted by molar-refractivity contribution is 0.282. The van der Waals surface area contributed by atoms with Crippen LogP contribution in [-0.2, 0) is 6.61 Å². The topological polar surface area (TPSA) is 68.9 Å². The highest BCUT2D eigenvalue weighted by molar-refractivity contribution is 5.58. The summed E-state index contributed by atoms with van der Waals surface area (Å²) in [6, 6.07) is 7.37.